The van der Waals surface area contributed by atoms with E-state index < -0.39 is 28.5 Å². The Labute approximate surface area is 235 Å². The third-order valence-corrected chi connectivity index (χ3v) is 8.41. The van der Waals surface area contributed by atoms with E-state index in [9.17, 15) is 18.0 Å². The number of nitrogens with zero attached hydrogens (tertiary/aromatic N) is 2. The summed E-state index contributed by atoms with van der Waals surface area (Å²) in [7, 11) is -4.17. The second-order valence-corrected chi connectivity index (χ2v) is 11.8. The Bertz CT molecular complexity index is 1460. The number of ether oxygens (including phenoxy) is 2. The van der Waals surface area contributed by atoms with Gasteiger partial charge < -0.3 is 19.7 Å². The number of sulfonamides is 1. The Kier molecular flexibility index (Phi) is 8.99. The Hall–Kier alpha value is -4.05. The summed E-state index contributed by atoms with van der Waals surface area (Å²) in [5.41, 5.74) is 2.06. The number of benzene rings is 3. The third kappa shape index (κ3) is 6.56. The van der Waals surface area contributed by atoms with Gasteiger partial charge in [0.2, 0.25) is 11.8 Å². The Morgan fingerprint density at radius 2 is 1.55 bits per heavy atom. The van der Waals surface area contributed by atoms with Gasteiger partial charge in [0.25, 0.3) is 10.0 Å². The van der Waals surface area contributed by atoms with Gasteiger partial charge in [0.15, 0.2) is 11.5 Å². The summed E-state index contributed by atoms with van der Waals surface area (Å²) >= 11 is 0. The molecule has 3 aromatic rings. The number of amides is 2. The second kappa shape index (κ2) is 12.4. The van der Waals surface area contributed by atoms with E-state index in [0.29, 0.717) is 24.7 Å². The molecule has 0 fully saturated rings. The smallest absolute Gasteiger partial charge is 0.264 e. The van der Waals surface area contributed by atoms with Crippen molar-refractivity contribution in [1.29, 1.82) is 0 Å². The number of carbonyl (C=O) groups is 2. The van der Waals surface area contributed by atoms with Gasteiger partial charge in [-0.2, -0.15) is 0 Å². The molecule has 10 heteroatoms. The van der Waals surface area contributed by atoms with Gasteiger partial charge in [-0.1, -0.05) is 42.5 Å². The predicted octanol–water partition coefficient (Wildman–Crippen LogP) is 3.90. The third-order valence-electron chi connectivity index (χ3n) is 6.62. The summed E-state index contributed by atoms with van der Waals surface area (Å²) < 4.78 is 40.2. The summed E-state index contributed by atoms with van der Waals surface area (Å²) in [6.45, 7) is 7.59. The van der Waals surface area contributed by atoms with Crippen LogP contribution in [0.1, 0.15) is 31.9 Å². The van der Waals surface area contributed by atoms with Crippen molar-refractivity contribution in [2.75, 3.05) is 24.1 Å². The second-order valence-electron chi connectivity index (χ2n) is 9.94. The SMILES string of the molecule is Cc1ccccc1CN(C(=O)CN(c1ccc2c(c1)OCCO2)S(=O)(=O)c1ccccc1)[C@@H](C)C(=O)NC(C)C. The lowest BCUT2D eigenvalue weighted by Crippen LogP contribution is -2.52. The molecular weight excluding hydrogens is 530 g/mol. The van der Waals surface area contributed by atoms with Crippen molar-refractivity contribution in [1.82, 2.24) is 10.2 Å². The minimum Gasteiger partial charge on any atom is -0.486 e. The number of hydrogen-bond donors (Lipinski definition) is 1. The molecule has 2 amide bonds. The van der Waals surface area contributed by atoms with E-state index in [4.69, 9.17) is 9.47 Å². The van der Waals surface area contributed by atoms with Crippen molar-refractivity contribution < 1.29 is 27.5 Å². The largest absolute Gasteiger partial charge is 0.486 e. The first-order chi connectivity index (χ1) is 19.1. The number of fused-ring (bicyclic) bond motifs is 1. The highest BCUT2D eigenvalue weighted by molar-refractivity contribution is 7.92. The topological polar surface area (TPSA) is 105 Å². The van der Waals surface area contributed by atoms with Crippen LogP contribution in [0.3, 0.4) is 0 Å². The molecule has 0 spiro atoms. The molecule has 212 valence electrons. The molecule has 40 heavy (non-hydrogen) atoms. The van der Waals surface area contributed by atoms with Crippen molar-refractivity contribution >= 4 is 27.5 Å². The van der Waals surface area contributed by atoms with E-state index in [-0.39, 0.29) is 29.1 Å². The first-order valence-electron chi connectivity index (χ1n) is 13.2. The Balaban J connectivity index is 1.74. The van der Waals surface area contributed by atoms with Crippen LogP contribution in [0.4, 0.5) is 5.69 Å². The highest BCUT2D eigenvalue weighted by Crippen LogP contribution is 2.36. The molecule has 0 radical (unpaired) electrons. The lowest BCUT2D eigenvalue weighted by molar-refractivity contribution is -0.139. The van der Waals surface area contributed by atoms with Gasteiger partial charge in [0, 0.05) is 18.7 Å². The van der Waals surface area contributed by atoms with Crippen LogP contribution in [0, 0.1) is 6.92 Å². The summed E-state index contributed by atoms with van der Waals surface area (Å²) in [4.78, 5) is 28.5. The van der Waals surface area contributed by atoms with Gasteiger partial charge in [0.1, 0.15) is 25.8 Å². The maximum Gasteiger partial charge on any atom is 0.264 e. The fourth-order valence-corrected chi connectivity index (χ4v) is 5.82. The molecule has 0 saturated carbocycles. The summed E-state index contributed by atoms with van der Waals surface area (Å²) in [6, 6.07) is 19.3. The maximum atomic E-state index is 14.0. The van der Waals surface area contributed by atoms with Gasteiger partial charge in [-0.05, 0) is 63.1 Å². The number of hydrogen-bond acceptors (Lipinski definition) is 6. The molecule has 1 aliphatic heterocycles. The van der Waals surface area contributed by atoms with Gasteiger partial charge in [0.05, 0.1) is 10.6 Å². The fourth-order valence-electron chi connectivity index (χ4n) is 4.39. The quantitative estimate of drug-likeness (QED) is 0.400. The van der Waals surface area contributed by atoms with Crippen LogP contribution in [-0.2, 0) is 26.2 Å². The van der Waals surface area contributed by atoms with Crippen LogP contribution >= 0.6 is 0 Å². The van der Waals surface area contributed by atoms with Crippen LogP contribution in [-0.4, -0.2) is 57.0 Å². The average molecular weight is 566 g/mol. The highest BCUT2D eigenvalue weighted by Gasteiger charge is 2.33. The number of aryl methyl sites for hydroxylation is 1. The number of carbonyl (C=O) groups excluding carboxylic acids is 2. The van der Waals surface area contributed by atoms with Gasteiger partial charge in [-0.3, -0.25) is 13.9 Å². The first-order valence-corrected chi connectivity index (χ1v) is 14.6. The van der Waals surface area contributed by atoms with Crippen LogP contribution in [0.2, 0.25) is 0 Å². The molecule has 1 atom stereocenters. The van der Waals surface area contributed by atoms with Crippen molar-refractivity contribution in [3.63, 3.8) is 0 Å². The molecular formula is C30H35N3O6S. The Morgan fingerprint density at radius 1 is 0.900 bits per heavy atom. The van der Waals surface area contributed by atoms with Crippen molar-refractivity contribution in [3.8, 4) is 11.5 Å². The van der Waals surface area contributed by atoms with Crippen molar-refractivity contribution in [3.05, 3.63) is 83.9 Å². The highest BCUT2D eigenvalue weighted by atomic mass is 32.2. The first kappa shape index (κ1) is 28.9. The summed E-state index contributed by atoms with van der Waals surface area (Å²) in [5.74, 6) is 0.0437. The zero-order chi connectivity index (χ0) is 28.9. The molecule has 3 aromatic carbocycles. The minimum absolute atomic E-state index is 0.0359. The zero-order valence-electron chi connectivity index (χ0n) is 23.2. The molecule has 0 aromatic heterocycles. The van der Waals surface area contributed by atoms with Crippen LogP contribution in [0.5, 0.6) is 11.5 Å². The number of anilines is 1. The van der Waals surface area contributed by atoms with E-state index in [1.165, 1.54) is 17.0 Å². The monoisotopic (exact) mass is 565 g/mol. The zero-order valence-corrected chi connectivity index (χ0v) is 24.0. The molecule has 0 aliphatic carbocycles. The van der Waals surface area contributed by atoms with Crippen LogP contribution < -0.4 is 19.1 Å². The summed E-state index contributed by atoms with van der Waals surface area (Å²) in [5, 5.41) is 2.86. The molecule has 1 N–H and O–H groups in total. The van der Waals surface area contributed by atoms with E-state index in [2.05, 4.69) is 5.32 Å². The molecule has 9 nitrogen and oxygen atoms in total. The minimum atomic E-state index is -4.17. The van der Waals surface area contributed by atoms with E-state index >= 15 is 0 Å². The molecule has 0 saturated heterocycles. The van der Waals surface area contributed by atoms with Crippen molar-refractivity contribution in [2.24, 2.45) is 0 Å². The van der Waals surface area contributed by atoms with Crippen molar-refractivity contribution in [2.45, 2.75) is 51.2 Å². The number of rotatable bonds is 10. The van der Waals surface area contributed by atoms with Gasteiger partial charge in [-0.15, -0.1) is 0 Å². The van der Waals surface area contributed by atoms with Gasteiger partial charge in [-0.25, -0.2) is 8.42 Å². The van der Waals surface area contributed by atoms with E-state index in [0.717, 1.165) is 15.4 Å². The molecule has 4 rings (SSSR count). The average Bonchev–Trinajstić information content (AvgIpc) is 2.94. The van der Waals surface area contributed by atoms with E-state index in [1.807, 2.05) is 45.0 Å². The molecule has 0 bridgehead atoms. The molecule has 1 heterocycles. The fraction of sp³-hybridized carbons (Fsp3) is 0.333. The predicted molar refractivity (Wildman–Crippen MR) is 153 cm³/mol. The lowest BCUT2D eigenvalue weighted by atomic mass is 10.1. The molecule has 0 unspecified atom stereocenters. The Morgan fingerprint density at radius 3 is 2.23 bits per heavy atom. The van der Waals surface area contributed by atoms with Crippen LogP contribution in [0.15, 0.2) is 77.7 Å². The lowest BCUT2D eigenvalue weighted by Gasteiger charge is -2.33. The van der Waals surface area contributed by atoms with Crippen LogP contribution in [0.25, 0.3) is 0 Å². The van der Waals surface area contributed by atoms with E-state index in [1.54, 1.807) is 43.3 Å². The van der Waals surface area contributed by atoms with Gasteiger partial charge >= 0.3 is 0 Å². The standard InChI is InChI=1S/C30H35N3O6S/c1-21(2)31-30(35)23(4)32(19-24-11-9-8-10-22(24)3)29(34)20-33(40(36,37)26-12-6-5-7-13-26)25-14-15-27-28(18-25)39-17-16-38-27/h5-15,18,21,23H,16-17,19-20H2,1-4H3,(H,31,35)/t23-/m0/s1. The molecule has 1 aliphatic rings. The maximum absolute atomic E-state index is 14.0. The normalized spacial score (nSPS) is 13.4. The summed E-state index contributed by atoms with van der Waals surface area (Å²) in [6.07, 6.45) is 0. The number of nitrogens with one attached hydrogen (secondary N) is 1.